The molecule has 0 fully saturated rings. The molecule has 3 nitrogen and oxygen atoms in total. The topological polar surface area (TPSA) is 41.5 Å². The number of nitrogens with zero attached hydrogens (tertiary/aromatic N) is 1. The molecule has 0 aromatic heterocycles. The molecule has 0 unspecified atom stereocenters. The Morgan fingerprint density at radius 1 is 1.15 bits per heavy atom. The van der Waals surface area contributed by atoms with E-state index in [4.69, 9.17) is 0 Å². The first-order chi connectivity index (χ1) is 5.63. The molecule has 0 heterocycles. The number of ketones is 1. The molecular weight excluding hydrogens is 164 g/mol. The third kappa shape index (κ3) is 6.31. The molecule has 0 aliphatic rings. The van der Waals surface area contributed by atoms with Gasteiger partial charge in [0.1, 0.15) is 0 Å². The lowest BCUT2D eigenvalue weighted by Crippen LogP contribution is -2.32. The Morgan fingerprint density at radius 3 is 1.92 bits per heavy atom. The van der Waals surface area contributed by atoms with Crippen molar-refractivity contribution in [3.05, 3.63) is 0 Å². The summed E-state index contributed by atoms with van der Waals surface area (Å²) in [5, 5.41) is 3.88. The Labute approximate surface area is 80.6 Å². The van der Waals surface area contributed by atoms with Crippen molar-refractivity contribution in [2.75, 3.05) is 0 Å². The van der Waals surface area contributed by atoms with Crippen LogP contribution in [-0.2, 0) is 4.79 Å². The normalized spacial score (nSPS) is 13.4. The number of carbonyl (C=O) groups is 1. The van der Waals surface area contributed by atoms with E-state index in [1.54, 1.807) is 0 Å². The van der Waals surface area contributed by atoms with Crippen LogP contribution in [0, 0.1) is 5.41 Å². The van der Waals surface area contributed by atoms with E-state index in [1.807, 2.05) is 41.5 Å². The summed E-state index contributed by atoms with van der Waals surface area (Å²) < 4.78 is 0. The Hall–Kier alpha value is -0.860. The molecule has 3 heteroatoms. The molecule has 0 saturated heterocycles. The standard InChI is InChI=1S/C10H20N2O/c1-9(2,3)8(13)7-11-12-10(4,5)6/h7,12H,1-6H3/b11-7+. The van der Waals surface area contributed by atoms with Crippen LogP contribution in [0.4, 0.5) is 0 Å². The molecular formula is C10H20N2O. The predicted molar refractivity (Wildman–Crippen MR) is 55.8 cm³/mol. The maximum Gasteiger partial charge on any atom is 0.180 e. The Balaban J connectivity index is 4.09. The molecule has 0 spiro atoms. The predicted octanol–water partition coefficient (Wildman–Crippen LogP) is 1.98. The third-order valence-electron chi connectivity index (χ3n) is 1.32. The zero-order chi connectivity index (χ0) is 10.7. The number of carbonyl (C=O) groups excluding carboxylic acids is 1. The van der Waals surface area contributed by atoms with Gasteiger partial charge in [0.15, 0.2) is 5.78 Å². The summed E-state index contributed by atoms with van der Waals surface area (Å²) in [5.41, 5.74) is 2.44. The number of Topliss-reactive ketones (excluding diaryl/α,β-unsaturated/α-hetero) is 1. The Kier molecular flexibility index (Phi) is 3.64. The van der Waals surface area contributed by atoms with Crippen molar-refractivity contribution in [2.45, 2.75) is 47.1 Å². The van der Waals surface area contributed by atoms with Gasteiger partial charge in [-0.1, -0.05) is 20.8 Å². The van der Waals surface area contributed by atoms with Crippen molar-refractivity contribution < 1.29 is 4.79 Å². The number of rotatable bonds is 2. The van der Waals surface area contributed by atoms with Gasteiger partial charge in [-0.2, -0.15) is 5.10 Å². The highest BCUT2D eigenvalue weighted by molar-refractivity contribution is 6.29. The first-order valence-electron chi connectivity index (χ1n) is 4.47. The van der Waals surface area contributed by atoms with Gasteiger partial charge in [0.25, 0.3) is 0 Å². The molecule has 0 radical (unpaired) electrons. The molecule has 76 valence electrons. The van der Waals surface area contributed by atoms with Crippen LogP contribution in [0.25, 0.3) is 0 Å². The zero-order valence-electron chi connectivity index (χ0n) is 9.43. The smallest absolute Gasteiger partial charge is 0.180 e. The van der Waals surface area contributed by atoms with Crippen molar-refractivity contribution >= 4 is 12.0 Å². The highest BCUT2D eigenvalue weighted by atomic mass is 16.1. The van der Waals surface area contributed by atoms with Crippen LogP contribution in [0.2, 0.25) is 0 Å². The van der Waals surface area contributed by atoms with Gasteiger partial charge in [-0.3, -0.25) is 4.79 Å². The summed E-state index contributed by atoms with van der Waals surface area (Å²) in [6.07, 6.45) is 1.35. The van der Waals surface area contributed by atoms with Crippen molar-refractivity contribution in [1.29, 1.82) is 0 Å². The monoisotopic (exact) mass is 184 g/mol. The van der Waals surface area contributed by atoms with Gasteiger partial charge in [0.05, 0.1) is 6.21 Å². The fraction of sp³-hybridized carbons (Fsp3) is 0.800. The number of nitrogens with one attached hydrogen (secondary N) is 1. The second kappa shape index (κ2) is 3.90. The molecule has 0 saturated carbocycles. The largest absolute Gasteiger partial charge is 0.305 e. The van der Waals surface area contributed by atoms with Crippen LogP contribution < -0.4 is 5.43 Å². The van der Waals surface area contributed by atoms with Gasteiger partial charge in [0.2, 0.25) is 0 Å². The van der Waals surface area contributed by atoms with Crippen molar-refractivity contribution in [1.82, 2.24) is 5.43 Å². The highest BCUT2D eigenvalue weighted by Gasteiger charge is 2.19. The molecule has 0 amide bonds. The van der Waals surface area contributed by atoms with E-state index in [0.29, 0.717) is 0 Å². The van der Waals surface area contributed by atoms with Gasteiger partial charge in [0, 0.05) is 11.0 Å². The van der Waals surface area contributed by atoms with E-state index in [0.717, 1.165) is 0 Å². The summed E-state index contributed by atoms with van der Waals surface area (Å²) in [7, 11) is 0. The third-order valence-corrected chi connectivity index (χ3v) is 1.32. The SMILES string of the molecule is CC(C)(C)N/N=C/C(=O)C(C)(C)C. The molecule has 0 rings (SSSR count). The van der Waals surface area contributed by atoms with E-state index < -0.39 is 0 Å². The first kappa shape index (κ1) is 12.1. The molecule has 13 heavy (non-hydrogen) atoms. The van der Waals surface area contributed by atoms with Gasteiger partial charge >= 0.3 is 0 Å². The Morgan fingerprint density at radius 2 is 1.62 bits per heavy atom. The number of hydrogen-bond donors (Lipinski definition) is 1. The lowest BCUT2D eigenvalue weighted by molar-refractivity contribution is -0.119. The minimum atomic E-state index is -0.344. The lowest BCUT2D eigenvalue weighted by atomic mass is 9.92. The molecule has 0 aromatic rings. The van der Waals surface area contributed by atoms with Crippen LogP contribution in [-0.4, -0.2) is 17.5 Å². The second-order valence-corrected chi connectivity index (χ2v) is 5.23. The summed E-state index contributed by atoms with van der Waals surface area (Å²) in [4.78, 5) is 11.4. The summed E-state index contributed by atoms with van der Waals surface area (Å²) in [6, 6.07) is 0. The van der Waals surface area contributed by atoms with Crippen LogP contribution in [0.3, 0.4) is 0 Å². The van der Waals surface area contributed by atoms with E-state index in [2.05, 4.69) is 10.5 Å². The van der Waals surface area contributed by atoms with Gasteiger partial charge in [-0.25, -0.2) is 0 Å². The van der Waals surface area contributed by atoms with Gasteiger partial charge < -0.3 is 5.43 Å². The van der Waals surface area contributed by atoms with E-state index in [-0.39, 0.29) is 16.7 Å². The van der Waals surface area contributed by atoms with Crippen LogP contribution in [0.5, 0.6) is 0 Å². The fourth-order valence-corrected chi connectivity index (χ4v) is 0.478. The highest BCUT2D eigenvalue weighted by Crippen LogP contribution is 2.12. The second-order valence-electron chi connectivity index (χ2n) is 5.23. The number of hydrogen-bond acceptors (Lipinski definition) is 3. The average molecular weight is 184 g/mol. The summed E-state index contributed by atoms with van der Waals surface area (Å²) in [6.45, 7) is 11.6. The summed E-state index contributed by atoms with van der Waals surface area (Å²) >= 11 is 0. The van der Waals surface area contributed by atoms with E-state index in [9.17, 15) is 4.79 Å². The van der Waals surface area contributed by atoms with Crippen LogP contribution in [0.15, 0.2) is 5.10 Å². The maximum atomic E-state index is 11.4. The minimum absolute atomic E-state index is 0.0317. The van der Waals surface area contributed by atoms with Crippen molar-refractivity contribution in [3.8, 4) is 0 Å². The maximum absolute atomic E-state index is 11.4. The molecule has 0 aliphatic heterocycles. The molecule has 0 aromatic carbocycles. The fourth-order valence-electron chi connectivity index (χ4n) is 0.478. The number of hydrazone groups is 1. The van der Waals surface area contributed by atoms with Crippen LogP contribution in [0.1, 0.15) is 41.5 Å². The lowest BCUT2D eigenvalue weighted by Gasteiger charge is -2.18. The minimum Gasteiger partial charge on any atom is -0.305 e. The molecule has 0 bridgehead atoms. The average Bonchev–Trinajstić information content (AvgIpc) is 1.82. The van der Waals surface area contributed by atoms with E-state index >= 15 is 0 Å². The summed E-state index contributed by atoms with van der Waals surface area (Å²) in [5.74, 6) is 0.0317. The first-order valence-corrected chi connectivity index (χ1v) is 4.47. The van der Waals surface area contributed by atoms with E-state index in [1.165, 1.54) is 6.21 Å². The van der Waals surface area contributed by atoms with Crippen molar-refractivity contribution in [2.24, 2.45) is 10.5 Å². The van der Waals surface area contributed by atoms with Crippen molar-refractivity contribution in [3.63, 3.8) is 0 Å². The molecule has 1 N–H and O–H groups in total. The quantitative estimate of drug-likeness (QED) is 0.526. The van der Waals surface area contributed by atoms with Crippen LogP contribution >= 0.6 is 0 Å². The molecule has 0 aliphatic carbocycles. The van der Waals surface area contributed by atoms with Gasteiger partial charge in [-0.15, -0.1) is 0 Å². The zero-order valence-corrected chi connectivity index (χ0v) is 9.43. The molecule has 0 atom stereocenters. The Bertz CT molecular complexity index is 206. The van der Waals surface area contributed by atoms with Gasteiger partial charge in [-0.05, 0) is 20.8 Å².